The molecular weight excluding hydrogens is 323 g/mol. The molecule has 0 unspecified atom stereocenters. The molecule has 0 aliphatic rings. The van der Waals surface area contributed by atoms with Crippen LogP contribution in [-0.4, -0.2) is 28.0 Å². The van der Waals surface area contributed by atoms with E-state index in [0.717, 1.165) is 0 Å². The molecule has 0 aliphatic carbocycles. The number of hydrogen-bond donors (Lipinski definition) is 2. The molecule has 6 heteroatoms. The summed E-state index contributed by atoms with van der Waals surface area (Å²) >= 11 is 0. The highest BCUT2D eigenvalue weighted by Crippen LogP contribution is 2.17. The lowest BCUT2D eigenvalue weighted by Crippen LogP contribution is -2.42. The van der Waals surface area contributed by atoms with E-state index in [0.29, 0.717) is 16.5 Å². The second-order valence-corrected chi connectivity index (χ2v) is 5.54. The number of aliphatic carboxylic acids is 1. The summed E-state index contributed by atoms with van der Waals surface area (Å²) in [6, 6.07) is 13.3. The molecule has 0 spiro atoms. The van der Waals surface area contributed by atoms with Crippen LogP contribution in [0, 0.1) is 5.82 Å². The number of hydrogen-bond acceptors (Lipinski definition) is 3. The quantitative estimate of drug-likeness (QED) is 0.750. The number of fused-ring (bicyclic) bond motifs is 1. The van der Waals surface area contributed by atoms with Crippen molar-refractivity contribution in [2.45, 2.75) is 12.5 Å². The van der Waals surface area contributed by atoms with Crippen molar-refractivity contribution in [3.05, 3.63) is 77.7 Å². The van der Waals surface area contributed by atoms with Gasteiger partial charge >= 0.3 is 5.97 Å². The Hall–Kier alpha value is -3.28. The molecule has 2 N–H and O–H groups in total. The molecule has 3 aromatic rings. The van der Waals surface area contributed by atoms with Crippen LogP contribution in [0.5, 0.6) is 0 Å². The number of carbonyl (C=O) groups is 2. The van der Waals surface area contributed by atoms with E-state index in [1.165, 1.54) is 30.5 Å². The fourth-order valence-electron chi connectivity index (χ4n) is 2.61. The topological polar surface area (TPSA) is 79.3 Å². The molecule has 2 aromatic carbocycles. The van der Waals surface area contributed by atoms with E-state index in [9.17, 15) is 19.1 Å². The van der Waals surface area contributed by atoms with Crippen molar-refractivity contribution in [3.8, 4) is 0 Å². The zero-order chi connectivity index (χ0) is 17.8. The zero-order valence-corrected chi connectivity index (χ0v) is 13.1. The number of halogens is 1. The molecule has 1 atom stereocenters. The van der Waals surface area contributed by atoms with Crippen LogP contribution in [0.2, 0.25) is 0 Å². The number of carboxylic acid groups (broad SMARTS) is 1. The van der Waals surface area contributed by atoms with Crippen LogP contribution in [0.15, 0.2) is 60.8 Å². The van der Waals surface area contributed by atoms with Gasteiger partial charge < -0.3 is 10.4 Å². The number of carbonyl (C=O) groups excluding carboxylic acids is 1. The second-order valence-electron chi connectivity index (χ2n) is 5.54. The Kier molecular flexibility index (Phi) is 4.70. The summed E-state index contributed by atoms with van der Waals surface area (Å²) in [5.74, 6) is -2.27. The van der Waals surface area contributed by atoms with Gasteiger partial charge in [-0.2, -0.15) is 0 Å². The first kappa shape index (κ1) is 16.6. The van der Waals surface area contributed by atoms with E-state index in [1.807, 2.05) is 0 Å². The lowest BCUT2D eigenvalue weighted by atomic mass is 10.0. The summed E-state index contributed by atoms with van der Waals surface area (Å²) in [5, 5.41) is 12.5. The fraction of sp³-hybridized carbons (Fsp3) is 0.105. The Morgan fingerprint density at radius 3 is 2.56 bits per heavy atom. The highest BCUT2D eigenvalue weighted by molar-refractivity contribution is 6.06. The summed E-state index contributed by atoms with van der Waals surface area (Å²) in [4.78, 5) is 28.2. The van der Waals surface area contributed by atoms with E-state index in [-0.39, 0.29) is 12.0 Å². The maximum Gasteiger partial charge on any atom is 0.326 e. The minimum absolute atomic E-state index is 0.142. The number of para-hydroxylation sites is 1. The average molecular weight is 338 g/mol. The van der Waals surface area contributed by atoms with E-state index >= 15 is 0 Å². The maximum absolute atomic E-state index is 13.8. The summed E-state index contributed by atoms with van der Waals surface area (Å²) in [6.07, 6.45) is 1.35. The van der Waals surface area contributed by atoms with Crippen molar-refractivity contribution >= 4 is 22.8 Å². The highest BCUT2D eigenvalue weighted by atomic mass is 19.1. The summed E-state index contributed by atoms with van der Waals surface area (Å²) in [6.45, 7) is 0. The predicted molar refractivity (Wildman–Crippen MR) is 90.7 cm³/mol. The van der Waals surface area contributed by atoms with Gasteiger partial charge in [0.25, 0.3) is 5.91 Å². The molecule has 0 saturated carbocycles. The lowest BCUT2D eigenvalue weighted by molar-refractivity contribution is -0.139. The van der Waals surface area contributed by atoms with Crippen LogP contribution in [-0.2, 0) is 11.2 Å². The van der Waals surface area contributed by atoms with E-state index in [2.05, 4.69) is 10.3 Å². The number of aromatic nitrogens is 1. The van der Waals surface area contributed by atoms with Crippen LogP contribution in [0.3, 0.4) is 0 Å². The van der Waals surface area contributed by atoms with Gasteiger partial charge in [0.2, 0.25) is 0 Å². The van der Waals surface area contributed by atoms with Crippen molar-refractivity contribution in [1.29, 1.82) is 0 Å². The number of amides is 1. The Morgan fingerprint density at radius 1 is 1.08 bits per heavy atom. The molecule has 0 bridgehead atoms. The molecule has 0 saturated heterocycles. The number of benzene rings is 2. The van der Waals surface area contributed by atoms with Crippen molar-refractivity contribution < 1.29 is 19.1 Å². The smallest absolute Gasteiger partial charge is 0.326 e. The standard InChI is InChI=1S/C19H15FN2O3/c20-15-7-3-1-5-12(15)11-17(19(24)25)22-18(23)14-9-10-21-16-8-4-2-6-13(14)16/h1-10,17H,11H2,(H,22,23)(H,24,25)/t17-/m0/s1. The second kappa shape index (κ2) is 7.09. The number of pyridine rings is 1. The first-order valence-corrected chi connectivity index (χ1v) is 7.67. The molecule has 1 amide bonds. The molecule has 0 fully saturated rings. The Morgan fingerprint density at radius 2 is 1.80 bits per heavy atom. The average Bonchev–Trinajstić information content (AvgIpc) is 2.62. The largest absolute Gasteiger partial charge is 0.480 e. The Bertz CT molecular complexity index is 937. The minimum Gasteiger partial charge on any atom is -0.480 e. The normalized spacial score (nSPS) is 11.9. The van der Waals surface area contributed by atoms with Gasteiger partial charge in [-0.25, -0.2) is 9.18 Å². The van der Waals surface area contributed by atoms with Crippen LogP contribution < -0.4 is 5.32 Å². The van der Waals surface area contributed by atoms with E-state index < -0.39 is 23.7 Å². The van der Waals surface area contributed by atoms with E-state index in [1.54, 1.807) is 30.3 Å². The summed E-state index contributed by atoms with van der Waals surface area (Å²) < 4.78 is 13.8. The van der Waals surface area contributed by atoms with Gasteiger partial charge in [0.15, 0.2) is 0 Å². The van der Waals surface area contributed by atoms with Crippen molar-refractivity contribution in [2.75, 3.05) is 0 Å². The van der Waals surface area contributed by atoms with Gasteiger partial charge in [-0.15, -0.1) is 0 Å². The Labute approximate surface area is 143 Å². The third-order valence-electron chi connectivity index (χ3n) is 3.88. The molecule has 1 aromatic heterocycles. The fourth-order valence-corrected chi connectivity index (χ4v) is 2.61. The SMILES string of the molecule is O=C(N[C@@H](Cc1ccccc1F)C(=O)O)c1ccnc2ccccc12. The van der Waals surface area contributed by atoms with Gasteiger partial charge in [0.05, 0.1) is 11.1 Å². The third-order valence-corrected chi connectivity index (χ3v) is 3.88. The molecule has 5 nitrogen and oxygen atoms in total. The van der Waals surface area contributed by atoms with Crippen molar-refractivity contribution in [1.82, 2.24) is 10.3 Å². The molecule has 25 heavy (non-hydrogen) atoms. The molecular formula is C19H15FN2O3. The van der Waals surface area contributed by atoms with Crippen molar-refractivity contribution in [3.63, 3.8) is 0 Å². The van der Waals surface area contributed by atoms with E-state index in [4.69, 9.17) is 0 Å². The first-order chi connectivity index (χ1) is 12.1. The number of nitrogens with one attached hydrogen (secondary N) is 1. The number of nitrogens with zero attached hydrogens (tertiary/aromatic N) is 1. The maximum atomic E-state index is 13.8. The molecule has 1 heterocycles. The summed E-state index contributed by atoms with van der Waals surface area (Å²) in [5.41, 5.74) is 1.19. The molecule has 126 valence electrons. The number of rotatable bonds is 5. The van der Waals surface area contributed by atoms with Crippen LogP contribution in [0.25, 0.3) is 10.9 Å². The van der Waals surface area contributed by atoms with Gasteiger partial charge in [0, 0.05) is 18.0 Å². The Balaban J connectivity index is 1.86. The monoisotopic (exact) mass is 338 g/mol. The zero-order valence-electron chi connectivity index (χ0n) is 13.1. The van der Waals surface area contributed by atoms with Gasteiger partial charge in [-0.1, -0.05) is 36.4 Å². The number of carboxylic acids is 1. The van der Waals surface area contributed by atoms with Gasteiger partial charge in [-0.3, -0.25) is 9.78 Å². The van der Waals surface area contributed by atoms with Crippen LogP contribution in [0.4, 0.5) is 4.39 Å². The third kappa shape index (κ3) is 3.63. The lowest BCUT2D eigenvalue weighted by Gasteiger charge is -2.16. The van der Waals surface area contributed by atoms with Crippen LogP contribution in [0.1, 0.15) is 15.9 Å². The highest BCUT2D eigenvalue weighted by Gasteiger charge is 2.23. The van der Waals surface area contributed by atoms with Crippen molar-refractivity contribution in [2.24, 2.45) is 0 Å². The van der Waals surface area contributed by atoms with Crippen LogP contribution >= 0.6 is 0 Å². The predicted octanol–water partition coefficient (Wildman–Crippen LogP) is 2.80. The molecule has 0 aliphatic heterocycles. The first-order valence-electron chi connectivity index (χ1n) is 7.67. The van der Waals surface area contributed by atoms with Gasteiger partial charge in [-0.05, 0) is 23.8 Å². The van der Waals surface area contributed by atoms with Gasteiger partial charge in [0.1, 0.15) is 11.9 Å². The molecule has 0 radical (unpaired) electrons. The summed E-state index contributed by atoms with van der Waals surface area (Å²) in [7, 11) is 0. The molecule has 3 rings (SSSR count). The minimum atomic E-state index is -1.24.